The van der Waals surface area contributed by atoms with E-state index in [1.54, 1.807) is 34.3 Å². The predicted molar refractivity (Wildman–Crippen MR) is 83.4 cm³/mol. The maximum atomic E-state index is 11.0. The first-order valence-electron chi connectivity index (χ1n) is 6.81. The number of nitrogens with zero attached hydrogens (tertiary/aromatic N) is 2. The molecule has 0 aliphatic heterocycles. The molecule has 0 saturated heterocycles. The molecule has 8 nitrogen and oxygen atoms in total. The molecule has 3 amide bonds. The summed E-state index contributed by atoms with van der Waals surface area (Å²) in [4.78, 5) is 34.2. The maximum absolute atomic E-state index is 11.0. The zero-order chi connectivity index (χ0) is 17.5. The van der Waals surface area contributed by atoms with Crippen LogP contribution in [0, 0.1) is 0 Å². The quantitative estimate of drug-likeness (QED) is 0.501. The maximum Gasteiger partial charge on any atom is 0.314 e. The van der Waals surface area contributed by atoms with Crippen molar-refractivity contribution in [3.8, 4) is 0 Å². The van der Waals surface area contributed by atoms with Gasteiger partial charge in [0.25, 0.3) is 0 Å². The number of nitrogens with two attached hydrogens (primary N) is 1. The minimum Gasteiger partial charge on any atom is -0.481 e. The van der Waals surface area contributed by atoms with Gasteiger partial charge < -0.3 is 25.4 Å². The van der Waals surface area contributed by atoms with Crippen molar-refractivity contribution >= 4 is 17.9 Å². The Hall–Kier alpha value is -2.09. The number of hydrogen-bond acceptors (Lipinski definition) is 4. The Kier molecular flexibility index (Phi) is 14.0. The lowest BCUT2D eigenvalue weighted by Crippen LogP contribution is -2.34. The van der Waals surface area contributed by atoms with Crippen molar-refractivity contribution < 1.29 is 24.2 Å². The number of carboxylic acids is 1. The summed E-state index contributed by atoms with van der Waals surface area (Å²) in [5.74, 6) is -0.873. The molecule has 0 heterocycles. The van der Waals surface area contributed by atoms with E-state index in [1.165, 1.54) is 15.9 Å². The highest BCUT2D eigenvalue weighted by molar-refractivity contribution is 5.87. The second kappa shape index (κ2) is 13.9. The molecule has 0 atom stereocenters. The molecule has 22 heavy (non-hydrogen) atoms. The van der Waals surface area contributed by atoms with Crippen molar-refractivity contribution in [2.75, 3.05) is 41.4 Å². The van der Waals surface area contributed by atoms with E-state index in [4.69, 9.17) is 15.6 Å². The number of likely N-dealkylation sites (N-methyl/N-ethyl adjacent to an activating group) is 2. The third kappa shape index (κ3) is 16.0. The number of urea groups is 1. The van der Waals surface area contributed by atoms with Crippen LogP contribution in [0.25, 0.3) is 0 Å². The number of ether oxygens (including phenoxy) is 1. The Labute approximate surface area is 131 Å². The van der Waals surface area contributed by atoms with E-state index in [9.17, 15) is 14.4 Å². The van der Waals surface area contributed by atoms with Gasteiger partial charge in [0, 0.05) is 41.2 Å². The van der Waals surface area contributed by atoms with Crippen molar-refractivity contribution in [2.45, 2.75) is 19.3 Å². The molecule has 0 bridgehead atoms. The summed E-state index contributed by atoms with van der Waals surface area (Å²) in [6.07, 6.45) is 4.52. The molecule has 0 aliphatic carbocycles. The summed E-state index contributed by atoms with van der Waals surface area (Å²) < 4.78 is 4.71. The summed E-state index contributed by atoms with van der Waals surface area (Å²) in [5.41, 5.74) is 4.91. The molecule has 0 saturated carbocycles. The van der Waals surface area contributed by atoms with E-state index >= 15 is 0 Å². The number of amides is 3. The monoisotopic (exact) mass is 317 g/mol. The highest BCUT2D eigenvalue weighted by atomic mass is 16.5. The molecular weight excluding hydrogens is 290 g/mol. The van der Waals surface area contributed by atoms with Crippen LogP contribution in [0.5, 0.6) is 0 Å². The lowest BCUT2D eigenvalue weighted by atomic mass is 10.2. The van der Waals surface area contributed by atoms with Crippen LogP contribution in [0.3, 0.4) is 0 Å². The van der Waals surface area contributed by atoms with Gasteiger partial charge >= 0.3 is 12.0 Å². The molecule has 128 valence electrons. The van der Waals surface area contributed by atoms with Gasteiger partial charge in [-0.1, -0.05) is 6.08 Å². The molecule has 3 N–H and O–H groups in total. The summed E-state index contributed by atoms with van der Waals surface area (Å²) in [7, 11) is 6.55. The number of allylic oxidation sites excluding steroid dienone is 1. The molecule has 0 rings (SSSR count). The number of methoxy groups -OCH3 is 1. The SMILES string of the molecule is CN(C)C(=O)/C=C/CCCC(=O)O.COCCN(C)C(N)=O. The molecule has 0 radical (unpaired) electrons. The van der Waals surface area contributed by atoms with Crippen LogP contribution in [0.15, 0.2) is 12.2 Å². The molecule has 0 aromatic heterocycles. The number of unbranched alkanes of at least 4 members (excludes halogenated alkanes) is 1. The van der Waals surface area contributed by atoms with E-state index in [2.05, 4.69) is 0 Å². The fourth-order valence-corrected chi connectivity index (χ4v) is 1.04. The largest absolute Gasteiger partial charge is 0.481 e. The molecule has 8 heteroatoms. The first-order chi connectivity index (χ1) is 10.2. The van der Waals surface area contributed by atoms with E-state index < -0.39 is 12.0 Å². The second-order valence-electron chi connectivity index (χ2n) is 4.67. The zero-order valence-electron chi connectivity index (χ0n) is 13.7. The van der Waals surface area contributed by atoms with Crippen molar-refractivity contribution in [2.24, 2.45) is 5.73 Å². The Bertz CT molecular complexity index is 369. The molecule has 0 aromatic carbocycles. The van der Waals surface area contributed by atoms with Crippen LogP contribution in [0.4, 0.5) is 4.79 Å². The van der Waals surface area contributed by atoms with Gasteiger partial charge in [0.2, 0.25) is 5.91 Å². The Morgan fingerprint density at radius 1 is 1.23 bits per heavy atom. The smallest absolute Gasteiger partial charge is 0.314 e. The minimum absolute atomic E-state index is 0.0738. The Morgan fingerprint density at radius 3 is 2.23 bits per heavy atom. The van der Waals surface area contributed by atoms with E-state index in [0.29, 0.717) is 26.0 Å². The summed E-state index contributed by atoms with van der Waals surface area (Å²) in [6.45, 7) is 1.07. The third-order valence-corrected chi connectivity index (χ3v) is 2.47. The lowest BCUT2D eigenvalue weighted by Gasteiger charge is -2.11. The van der Waals surface area contributed by atoms with Crippen LogP contribution in [0.1, 0.15) is 19.3 Å². The van der Waals surface area contributed by atoms with E-state index in [1.807, 2.05) is 0 Å². The van der Waals surface area contributed by atoms with Crippen molar-refractivity contribution in [1.82, 2.24) is 9.80 Å². The molecule has 0 unspecified atom stereocenters. The molecular formula is C14H27N3O5. The van der Waals surface area contributed by atoms with Gasteiger partial charge in [0.15, 0.2) is 0 Å². The summed E-state index contributed by atoms with van der Waals surface area (Å²) in [5, 5.41) is 8.31. The fraction of sp³-hybridized carbons (Fsp3) is 0.643. The van der Waals surface area contributed by atoms with E-state index in [0.717, 1.165) is 0 Å². The van der Waals surface area contributed by atoms with E-state index in [-0.39, 0.29) is 12.3 Å². The highest BCUT2D eigenvalue weighted by Gasteiger charge is 1.99. The van der Waals surface area contributed by atoms with Crippen LogP contribution in [0.2, 0.25) is 0 Å². The number of carbonyl (C=O) groups excluding carboxylic acids is 2. The summed E-state index contributed by atoms with van der Waals surface area (Å²) in [6, 6.07) is -0.424. The first kappa shape index (κ1) is 22.2. The van der Waals surface area contributed by atoms with Gasteiger partial charge in [-0.15, -0.1) is 0 Å². The Morgan fingerprint density at radius 2 is 1.82 bits per heavy atom. The topological polar surface area (TPSA) is 113 Å². The lowest BCUT2D eigenvalue weighted by molar-refractivity contribution is -0.137. The van der Waals surface area contributed by atoms with Crippen LogP contribution < -0.4 is 5.73 Å². The average molecular weight is 317 g/mol. The van der Waals surface area contributed by atoms with Gasteiger partial charge in [0.1, 0.15) is 0 Å². The van der Waals surface area contributed by atoms with Gasteiger partial charge in [0.05, 0.1) is 6.61 Å². The molecule has 0 fully saturated rings. The number of primary amides is 1. The third-order valence-electron chi connectivity index (χ3n) is 2.47. The predicted octanol–water partition coefficient (Wildman–Crippen LogP) is 0.529. The fourth-order valence-electron chi connectivity index (χ4n) is 1.04. The Balaban J connectivity index is 0. The second-order valence-corrected chi connectivity index (χ2v) is 4.67. The van der Waals surface area contributed by atoms with Crippen LogP contribution in [-0.2, 0) is 14.3 Å². The summed E-state index contributed by atoms with van der Waals surface area (Å²) >= 11 is 0. The number of hydrogen-bond donors (Lipinski definition) is 2. The normalized spacial score (nSPS) is 9.82. The number of rotatable bonds is 8. The van der Waals surface area contributed by atoms with Crippen LogP contribution >= 0.6 is 0 Å². The first-order valence-corrected chi connectivity index (χ1v) is 6.81. The number of carbonyl (C=O) groups is 3. The van der Waals surface area contributed by atoms with Gasteiger partial charge in [-0.25, -0.2) is 4.79 Å². The molecule has 0 aliphatic rings. The standard InChI is InChI=1S/C9H15NO3.C5H12N2O2/c1-10(2)8(11)6-4-3-5-7-9(12)13;1-7(5(6)8)3-4-9-2/h4,6H,3,5,7H2,1-2H3,(H,12,13);3-4H2,1-2H3,(H2,6,8)/b6-4+;. The highest BCUT2D eigenvalue weighted by Crippen LogP contribution is 1.96. The van der Waals surface area contributed by atoms with Gasteiger partial charge in [-0.2, -0.15) is 0 Å². The van der Waals surface area contributed by atoms with Gasteiger partial charge in [-0.05, 0) is 18.9 Å². The van der Waals surface area contributed by atoms with Gasteiger partial charge in [-0.3, -0.25) is 9.59 Å². The zero-order valence-corrected chi connectivity index (χ0v) is 13.7. The number of aliphatic carboxylic acids is 1. The molecule has 0 aromatic rings. The van der Waals surface area contributed by atoms with Crippen LogP contribution in [-0.4, -0.2) is 74.2 Å². The van der Waals surface area contributed by atoms with Crippen molar-refractivity contribution in [1.29, 1.82) is 0 Å². The number of carboxylic acid groups (broad SMARTS) is 1. The molecule has 0 spiro atoms. The van der Waals surface area contributed by atoms with Crippen molar-refractivity contribution in [3.05, 3.63) is 12.2 Å². The average Bonchev–Trinajstić information content (AvgIpc) is 2.44. The van der Waals surface area contributed by atoms with Crippen molar-refractivity contribution in [3.63, 3.8) is 0 Å². The minimum atomic E-state index is -0.799.